The average molecular weight is 722 g/mol. The highest BCUT2D eigenvalue weighted by Crippen LogP contribution is 2.67. The summed E-state index contributed by atoms with van der Waals surface area (Å²) >= 11 is 0. The summed E-state index contributed by atoms with van der Waals surface area (Å²) in [7, 11) is 0.503. The quantitative estimate of drug-likeness (QED) is 0.244. The Bertz CT molecular complexity index is 2180. The van der Waals surface area contributed by atoms with Gasteiger partial charge >= 0.3 is 10.2 Å². The van der Waals surface area contributed by atoms with Crippen LogP contribution in [-0.4, -0.2) is 85.3 Å². The number of nitrogens with zero attached hydrogens (tertiary/aromatic N) is 4. The molecule has 3 aromatic carbocycles. The van der Waals surface area contributed by atoms with Crippen LogP contribution in [0, 0.1) is 5.41 Å². The van der Waals surface area contributed by atoms with Gasteiger partial charge in [-0.25, -0.2) is 4.72 Å². The molecule has 2 aliphatic carbocycles. The SMILES string of the molecule is COc1ccc2c(c1)[C@@H]1C[C@]1(C(=O)N1[C@@H]3C[C@H]1CN(Cc1ccccc1)C3)Cn1c-2c(C2CCCCC2)c2ccc(C(=O)NS(=O)(=O)N(C)C)cc21. The number of aromatic nitrogens is 1. The van der Waals surface area contributed by atoms with Crippen LogP contribution in [0.25, 0.3) is 22.2 Å². The lowest BCUT2D eigenvalue weighted by Gasteiger charge is -2.57. The summed E-state index contributed by atoms with van der Waals surface area (Å²) in [6, 6.07) is 22.9. The molecule has 2 amide bonds. The van der Waals surface area contributed by atoms with E-state index in [-0.39, 0.29) is 29.5 Å². The summed E-state index contributed by atoms with van der Waals surface area (Å²) in [6.07, 6.45) is 7.53. The molecule has 10 rings (SSSR count). The van der Waals surface area contributed by atoms with Gasteiger partial charge in [-0.3, -0.25) is 14.5 Å². The van der Waals surface area contributed by atoms with Gasteiger partial charge in [-0.2, -0.15) is 12.7 Å². The molecule has 2 saturated carbocycles. The number of carbonyl (C=O) groups is 2. The van der Waals surface area contributed by atoms with E-state index >= 15 is 4.79 Å². The molecule has 4 aliphatic heterocycles. The highest BCUT2D eigenvalue weighted by molar-refractivity contribution is 7.87. The second kappa shape index (κ2) is 12.5. The van der Waals surface area contributed by atoms with Gasteiger partial charge in [0.1, 0.15) is 5.75 Å². The van der Waals surface area contributed by atoms with Crippen molar-refractivity contribution < 1.29 is 22.7 Å². The maximum Gasteiger partial charge on any atom is 0.303 e. The largest absolute Gasteiger partial charge is 0.497 e. The molecular formula is C41H47N5O5S. The molecule has 4 aromatic rings. The van der Waals surface area contributed by atoms with E-state index < -0.39 is 21.5 Å². The molecule has 1 N–H and O–H groups in total. The first-order chi connectivity index (χ1) is 25.1. The Balaban J connectivity index is 1.14. The number of rotatable bonds is 8. The van der Waals surface area contributed by atoms with Crippen LogP contribution in [-0.2, 0) is 28.1 Å². The Hall–Kier alpha value is -4.19. The van der Waals surface area contributed by atoms with Gasteiger partial charge in [-0.15, -0.1) is 0 Å². The molecule has 52 heavy (non-hydrogen) atoms. The minimum Gasteiger partial charge on any atom is -0.497 e. The van der Waals surface area contributed by atoms with Crippen molar-refractivity contribution >= 4 is 32.9 Å². The molecule has 0 unspecified atom stereocenters. The zero-order chi connectivity index (χ0) is 35.9. The van der Waals surface area contributed by atoms with E-state index in [9.17, 15) is 13.2 Å². The van der Waals surface area contributed by atoms with E-state index in [1.54, 1.807) is 13.2 Å². The van der Waals surface area contributed by atoms with Crippen LogP contribution >= 0.6 is 0 Å². The zero-order valence-corrected chi connectivity index (χ0v) is 31.0. The normalized spacial score (nSPS) is 25.5. The average Bonchev–Trinajstić information content (AvgIpc) is 3.82. The Morgan fingerprint density at radius 1 is 0.962 bits per heavy atom. The van der Waals surface area contributed by atoms with Gasteiger partial charge in [-0.1, -0.05) is 55.7 Å². The molecule has 5 heterocycles. The van der Waals surface area contributed by atoms with Crippen LogP contribution in [0.4, 0.5) is 0 Å². The molecule has 11 heteroatoms. The summed E-state index contributed by atoms with van der Waals surface area (Å²) in [5.41, 5.74) is 6.55. The van der Waals surface area contributed by atoms with Crippen molar-refractivity contribution in [2.24, 2.45) is 5.41 Å². The lowest BCUT2D eigenvalue weighted by atomic mass is 9.81. The molecule has 0 spiro atoms. The summed E-state index contributed by atoms with van der Waals surface area (Å²) in [6.45, 7) is 3.16. The highest BCUT2D eigenvalue weighted by atomic mass is 32.2. The molecule has 272 valence electrons. The summed E-state index contributed by atoms with van der Waals surface area (Å²) in [5.74, 6) is 0.758. The van der Waals surface area contributed by atoms with Crippen LogP contribution < -0.4 is 9.46 Å². The minimum absolute atomic E-state index is 0.0534. The van der Waals surface area contributed by atoms with E-state index in [1.165, 1.54) is 44.5 Å². The second-order valence-electron chi connectivity index (χ2n) is 15.9. The number of hydrogen-bond donors (Lipinski definition) is 1. The van der Waals surface area contributed by atoms with Crippen molar-refractivity contribution in [2.45, 2.75) is 82.0 Å². The number of hydrogen-bond acceptors (Lipinski definition) is 6. The molecule has 0 radical (unpaired) electrons. The predicted octanol–water partition coefficient (Wildman–Crippen LogP) is 5.87. The fourth-order valence-electron chi connectivity index (χ4n) is 9.95. The standard InChI is InChI=1S/C41H47N5O5S/c1-43(2)52(49,50)42-39(47)28-14-16-33-36(18-28)45-25-41(40(48)46-29-19-30(46)24-44(23-29)22-26-10-6-4-7-11-26)21-35(41)34-20-31(51-3)15-17-32(34)38(45)37(33)27-12-8-5-9-13-27/h4,6-7,10-11,14-18,20,27,29-30,35H,5,8-9,12-13,19,21-25H2,1-3H3,(H,42,47)/t29-,30+,35-,41-/m0/s1. The number of benzene rings is 3. The van der Waals surface area contributed by atoms with E-state index in [0.717, 1.165) is 83.1 Å². The van der Waals surface area contributed by atoms with E-state index in [2.05, 4.69) is 55.5 Å². The topological polar surface area (TPSA) is 104 Å². The van der Waals surface area contributed by atoms with Crippen LogP contribution in [0.1, 0.15) is 83.8 Å². The van der Waals surface area contributed by atoms with Crippen molar-refractivity contribution in [2.75, 3.05) is 34.3 Å². The second-order valence-corrected chi connectivity index (χ2v) is 17.8. The van der Waals surface area contributed by atoms with Crippen LogP contribution in [0.3, 0.4) is 0 Å². The van der Waals surface area contributed by atoms with Gasteiger partial charge in [0.05, 0.1) is 18.2 Å². The van der Waals surface area contributed by atoms with E-state index in [4.69, 9.17) is 4.74 Å². The Labute approximate surface area is 305 Å². The molecule has 1 aromatic heterocycles. The Kier molecular flexibility index (Phi) is 8.06. The number of methoxy groups -OCH3 is 1. The van der Waals surface area contributed by atoms with Gasteiger partial charge in [-0.05, 0) is 78.6 Å². The first-order valence-corrected chi connectivity index (χ1v) is 20.2. The molecule has 3 saturated heterocycles. The fourth-order valence-corrected chi connectivity index (χ4v) is 10.5. The van der Waals surface area contributed by atoms with Gasteiger partial charge in [0.25, 0.3) is 5.91 Å². The van der Waals surface area contributed by atoms with E-state index in [0.29, 0.717) is 12.5 Å². The molecule has 6 aliphatic rings. The number of fused-ring (bicyclic) bond motifs is 9. The third-order valence-electron chi connectivity index (χ3n) is 12.7. The number of ether oxygens (including phenoxy) is 1. The Morgan fingerprint density at radius 2 is 1.71 bits per heavy atom. The van der Waals surface area contributed by atoms with Gasteiger partial charge in [0.15, 0.2) is 0 Å². The van der Waals surface area contributed by atoms with Crippen LogP contribution in [0.2, 0.25) is 0 Å². The summed E-state index contributed by atoms with van der Waals surface area (Å²) < 4.78 is 36.6. The molecular weight excluding hydrogens is 675 g/mol. The number of nitrogens with one attached hydrogen (secondary N) is 1. The van der Waals surface area contributed by atoms with Crippen LogP contribution in [0.15, 0.2) is 66.7 Å². The molecule has 4 atom stereocenters. The summed E-state index contributed by atoms with van der Waals surface area (Å²) in [5, 5.41) is 1.08. The first kappa shape index (κ1) is 33.6. The Morgan fingerprint density at radius 3 is 2.42 bits per heavy atom. The lowest BCUT2D eigenvalue weighted by Crippen LogP contribution is -2.71. The number of piperidine rings is 1. The minimum atomic E-state index is -3.98. The predicted molar refractivity (Wildman–Crippen MR) is 200 cm³/mol. The van der Waals surface area contributed by atoms with Crippen molar-refractivity contribution in [1.29, 1.82) is 0 Å². The van der Waals surface area contributed by atoms with Gasteiger partial charge < -0.3 is 14.2 Å². The van der Waals surface area contributed by atoms with Crippen molar-refractivity contribution in [3.8, 4) is 17.0 Å². The number of carbonyl (C=O) groups excluding carboxylic acids is 2. The third-order valence-corrected chi connectivity index (χ3v) is 14.1. The number of amides is 2. The monoisotopic (exact) mass is 721 g/mol. The maximum atomic E-state index is 15.1. The zero-order valence-electron chi connectivity index (χ0n) is 30.2. The maximum absolute atomic E-state index is 15.1. The van der Waals surface area contributed by atoms with Crippen molar-refractivity contribution in [1.82, 2.24) is 23.4 Å². The van der Waals surface area contributed by atoms with Crippen molar-refractivity contribution in [3.63, 3.8) is 0 Å². The lowest BCUT2D eigenvalue weighted by molar-refractivity contribution is -0.161. The molecule has 10 nitrogen and oxygen atoms in total. The fraction of sp³-hybridized carbons (Fsp3) is 0.463. The van der Waals surface area contributed by atoms with Crippen molar-refractivity contribution in [3.05, 3.63) is 89.0 Å². The van der Waals surface area contributed by atoms with Crippen LogP contribution in [0.5, 0.6) is 5.75 Å². The van der Waals surface area contributed by atoms with Gasteiger partial charge in [0.2, 0.25) is 5.91 Å². The summed E-state index contributed by atoms with van der Waals surface area (Å²) in [4.78, 5) is 33.3. The highest BCUT2D eigenvalue weighted by Gasteiger charge is 2.66. The van der Waals surface area contributed by atoms with E-state index in [1.807, 2.05) is 24.3 Å². The first-order valence-electron chi connectivity index (χ1n) is 18.8. The molecule has 2 bridgehead atoms. The van der Waals surface area contributed by atoms with Gasteiger partial charge in [0, 0.05) is 80.3 Å². The third kappa shape index (κ3) is 5.38. The number of piperazine rings is 1. The smallest absolute Gasteiger partial charge is 0.303 e. The molecule has 5 fully saturated rings.